The zero-order valence-electron chi connectivity index (χ0n) is 17.5. The molecule has 0 atom stereocenters. The van der Waals surface area contributed by atoms with Gasteiger partial charge in [0, 0.05) is 5.56 Å². The molecule has 0 saturated heterocycles. The van der Waals surface area contributed by atoms with E-state index in [0.29, 0.717) is 16.7 Å². The van der Waals surface area contributed by atoms with Crippen molar-refractivity contribution < 1.29 is 13.9 Å². The SMILES string of the molecule is Cc1ccc(C)c(OCc2nnc(SCC(=O)c3ccc(C(C)(C)C)cc3)o2)c1. The Labute approximate surface area is 175 Å². The first-order valence-electron chi connectivity index (χ1n) is 9.51. The molecule has 3 rings (SSSR count). The molecule has 5 nitrogen and oxygen atoms in total. The van der Waals surface area contributed by atoms with E-state index >= 15 is 0 Å². The summed E-state index contributed by atoms with van der Waals surface area (Å²) in [6.07, 6.45) is 0. The van der Waals surface area contributed by atoms with E-state index in [-0.39, 0.29) is 23.6 Å². The van der Waals surface area contributed by atoms with E-state index in [1.807, 2.05) is 56.3 Å². The summed E-state index contributed by atoms with van der Waals surface area (Å²) in [5.41, 5.74) is 4.13. The Morgan fingerprint density at radius 1 is 1.07 bits per heavy atom. The van der Waals surface area contributed by atoms with Crippen molar-refractivity contribution in [2.24, 2.45) is 0 Å². The average molecular weight is 411 g/mol. The lowest BCUT2D eigenvalue weighted by atomic mass is 9.86. The maximum atomic E-state index is 12.4. The van der Waals surface area contributed by atoms with Gasteiger partial charge in [-0.2, -0.15) is 0 Å². The summed E-state index contributed by atoms with van der Waals surface area (Å²) in [6, 6.07) is 13.8. The predicted molar refractivity (Wildman–Crippen MR) is 115 cm³/mol. The molecular formula is C23H26N2O3S. The zero-order chi connectivity index (χ0) is 21.0. The van der Waals surface area contributed by atoms with E-state index in [0.717, 1.165) is 16.9 Å². The number of aromatic nitrogens is 2. The third kappa shape index (κ3) is 5.70. The van der Waals surface area contributed by atoms with Crippen LogP contribution in [-0.2, 0) is 12.0 Å². The lowest BCUT2D eigenvalue weighted by Gasteiger charge is -2.18. The van der Waals surface area contributed by atoms with Crippen molar-refractivity contribution in [2.45, 2.75) is 51.9 Å². The van der Waals surface area contributed by atoms with Crippen molar-refractivity contribution in [3.05, 3.63) is 70.6 Å². The van der Waals surface area contributed by atoms with Crippen molar-refractivity contribution >= 4 is 17.5 Å². The van der Waals surface area contributed by atoms with Crippen molar-refractivity contribution in [1.82, 2.24) is 10.2 Å². The molecule has 1 heterocycles. The molecule has 0 amide bonds. The molecule has 0 unspecified atom stereocenters. The number of carbonyl (C=O) groups is 1. The van der Waals surface area contributed by atoms with Crippen LogP contribution >= 0.6 is 11.8 Å². The van der Waals surface area contributed by atoms with E-state index in [9.17, 15) is 4.79 Å². The molecule has 3 aromatic rings. The summed E-state index contributed by atoms with van der Waals surface area (Å²) < 4.78 is 11.4. The molecule has 152 valence electrons. The molecule has 0 radical (unpaired) electrons. The summed E-state index contributed by atoms with van der Waals surface area (Å²) in [6.45, 7) is 10.6. The van der Waals surface area contributed by atoms with Crippen LogP contribution in [-0.4, -0.2) is 21.7 Å². The van der Waals surface area contributed by atoms with Gasteiger partial charge >= 0.3 is 0 Å². The molecule has 2 aromatic carbocycles. The largest absolute Gasteiger partial charge is 0.484 e. The van der Waals surface area contributed by atoms with E-state index in [4.69, 9.17) is 9.15 Å². The van der Waals surface area contributed by atoms with Crippen molar-refractivity contribution in [1.29, 1.82) is 0 Å². The van der Waals surface area contributed by atoms with Gasteiger partial charge in [0.15, 0.2) is 12.4 Å². The minimum atomic E-state index is 0.0295. The van der Waals surface area contributed by atoms with Crippen LogP contribution in [0.15, 0.2) is 52.1 Å². The number of ether oxygens (including phenoxy) is 1. The number of nitrogens with zero attached hydrogens (tertiary/aromatic N) is 2. The van der Waals surface area contributed by atoms with E-state index in [1.165, 1.54) is 17.3 Å². The summed E-state index contributed by atoms with van der Waals surface area (Å²) in [5, 5.41) is 8.36. The monoisotopic (exact) mass is 410 g/mol. The van der Waals surface area contributed by atoms with Gasteiger partial charge in [-0.25, -0.2) is 0 Å². The second-order valence-electron chi connectivity index (χ2n) is 8.06. The van der Waals surface area contributed by atoms with Gasteiger partial charge in [0.1, 0.15) is 5.75 Å². The lowest BCUT2D eigenvalue weighted by molar-refractivity contribution is 0.102. The second-order valence-corrected chi connectivity index (χ2v) is 8.99. The molecule has 0 fully saturated rings. The highest BCUT2D eigenvalue weighted by atomic mass is 32.2. The first-order valence-corrected chi connectivity index (χ1v) is 10.5. The number of carbonyl (C=O) groups excluding carboxylic acids is 1. The first-order chi connectivity index (χ1) is 13.7. The zero-order valence-corrected chi connectivity index (χ0v) is 18.3. The van der Waals surface area contributed by atoms with Crippen LogP contribution in [0, 0.1) is 13.8 Å². The number of hydrogen-bond acceptors (Lipinski definition) is 6. The van der Waals surface area contributed by atoms with Gasteiger partial charge in [-0.3, -0.25) is 4.79 Å². The molecule has 0 bridgehead atoms. The highest BCUT2D eigenvalue weighted by Crippen LogP contribution is 2.24. The average Bonchev–Trinajstić information content (AvgIpc) is 3.14. The van der Waals surface area contributed by atoms with Crippen LogP contribution in [0.5, 0.6) is 5.75 Å². The number of hydrogen-bond donors (Lipinski definition) is 0. The number of ketones is 1. The van der Waals surface area contributed by atoms with Crippen molar-refractivity contribution in [3.63, 3.8) is 0 Å². The van der Waals surface area contributed by atoms with E-state index in [1.54, 1.807) is 0 Å². The molecule has 0 aliphatic heterocycles. The number of thioether (sulfide) groups is 1. The number of benzene rings is 2. The van der Waals surface area contributed by atoms with Crippen LogP contribution in [0.1, 0.15) is 53.7 Å². The van der Waals surface area contributed by atoms with Crippen LogP contribution in [0.3, 0.4) is 0 Å². The van der Waals surface area contributed by atoms with Crippen LogP contribution in [0.2, 0.25) is 0 Å². The molecule has 6 heteroatoms. The molecule has 0 aliphatic carbocycles. The Bertz CT molecular complexity index is 988. The van der Waals surface area contributed by atoms with Crippen LogP contribution in [0.25, 0.3) is 0 Å². The smallest absolute Gasteiger partial charge is 0.277 e. The topological polar surface area (TPSA) is 65.2 Å². The minimum Gasteiger partial charge on any atom is -0.484 e. The summed E-state index contributed by atoms with van der Waals surface area (Å²) >= 11 is 1.24. The van der Waals surface area contributed by atoms with Gasteiger partial charge in [-0.15, -0.1) is 10.2 Å². The van der Waals surface area contributed by atoms with Crippen LogP contribution < -0.4 is 4.74 Å². The quantitative estimate of drug-likeness (QED) is 0.376. The summed E-state index contributed by atoms with van der Waals surface area (Å²) in [7, 11) is 0. The molecular weight excluding hydrogens is 384 g/mol. The van der Waals surface area contributed by atoms with Gasteiger partial charge in [0.25, 0.3) is 11.1 Å². The molecule has 0 N–H and O–H groups in total. The number of rotatable bonds is 7. The van der Waals surface area contributed by atoms with Gasteiger partial charge in [0.05, 0.1) is 5.75 Å². The molecule has 0 spiro atoms. The third-order valence-corrected chi connectivity index (χ3v) is 5.36. The Hall–Kier alpha value is -2.60. The lowest BCUT2D eigenvalue weighted by Crippen LogP contribution is -2.11. The fourth-order valence-electron chi connectivity index (χ4n) is 2.72. The third-order valence-electron chi connectivity index (χ3n) is 4.54. The van der Waals surface area contributed by atoms with Gasteiger partial charge in [0.2, 0.25) is 0 Å². The number of aryl methyl sites for hydroxylation is 2. The Kier molecular flexibility index (Phi) is 6.42. The second kappa shape index (κ2) is 8.82. The molecule has 1 aromatic heterocycles. The van der Waals surface area contributed by atoms with Crippen LogP contribution in [0.4, 0.5) is 0 Å². The Balaban J connectivity index is 1.53. The minimum absolute atomic E-state index is 0.0295. The predicted octanol–water partition coefficient (Wildman–Crippen LogP) is 5.54. The molecule has 0 aliphatic rings. The van der Waals surface area contributed by atoms with Gasteiger partial charge < -0.3 is 9.15 Å². The van der Waals surface area contributed by atoms with E-state index in [2.05, 4.69) is 31.0 Å². The van der Waals surface area contributed by atoms with E-state index < -0.39 is 0 Å². The Morgan fingerprint density at radius 3 is 2.48 bits per heavy atom. The normalized spacial score (nSPS) is 11.5. The summed E-state index contributed by atoms with van der Waals surface area (Å²) in [5.74, 6) is 1.46. The molecule has 0 saturated carbocycles. The standard InChI is InChI=1S/C23H26N2O3S/c1-15-6-7-16(2)20(12-15)27-13-21-24-25-22(28-21)29-14-19(26)17-8-10-18(11-9-17)23(3,4)5/h6-12H,13-14H2,1-5H3. The number of Topliss-reactive ketones (excluding diaryl/α,β-unsaturated/α-hetero) is 1. The first kappa shape index (κ1) is 21.1. The fraction of sp³-hybridized carbons (Fsp3) is 0.348. The maximum absolute atomic E-state index is 12.4. The Morgan fingerprint density at radius 2 is 1.79 bits per heavy atom. The molecule has 29 heavy (non-hydrogen) atoms. The van der Waals surface area contributed by atoms with Crippen molar-refractivity contribution in [3.8, 4) is 5.75 Å². The van der Waals surface area contributed by atoms with Crippen molar-refractivity contribution in [2.75, 3.05) is 5.75 Å². The van der Waals surface area contributed by atoms with Gasteiger partial charge in [-0.05, 0) is 42.0 Å². The van der Waals surface area contributed by atoms with Gasteiger partial charge in [-0.1, -0.05) is 68.9 Å². The highest BCUT2D eigenvalue weighted by molar-refractivity contribution is 7.99. The highest BCUT2D eigenvalue weighted by Gasteiger charge is 2.15. The maximum Gasteiger partial charge on any atom is 0.277 e. The fourth-order valence-corrected chi connectivity index (χ4v) is 3.40. The summed E-state index contributed by atoms with van der Waals surface area (Å²) in [4.78, 5) is 12.4.